The molecular weight excluding hydrogens is 375 g/mol. The van der Waals surface area contributed by atoms with Gasteiger partial charge in [0, 0.05) is 22.6 Å². The van der Waals surface area contributed by atoms with Crippen LogP contribution in [0, 0.1) is 11.2 Å². The maximum atomic E-state index is 14.1. The normalized spacial score (nSPS) is 11.6. The molecule has 1 N–H and O–H groups in total. The van der Waals surface area contributed by atoms with E-state index < -0.39 is 11.2 Å². The lowest BCUT2D eigenvalue weighted by Crippen LogP contribution is -2.28. The maximum absolute atomic E-state index is 14.1. The fourth-order valence-electron chi connectivity index (χ4n) is 2.29. The summed E-state index contributed by atoms with van der Waals surface area (Å²) in [4.78, 5) is 17.8. The van der Waals surface area contributed by atoms with Crippen molar-refractivity contribution in [3.05, 3.63) is 51.6 Å². The van der Waals surface area contributed by atoms with Crippen LogP contribution in [-0.2, 0) is 6.54 Å². The van der Waals surface area contributed by atoms with Crippen molar-refractivity contribution in [3.8, 4) is 11.4 Å². The molecule has 0 radical (unpaired) electrons. The number of hydrogen-bond acceptors (Lipinski definition) is 5. The van der Waals surface area contributed by atoms with Gasteiger partial charge >= 0.3 is 0 Å². The molecule has 0 atom stereocenters. The van der Waals surface area contributed by atoms with Gasteiger partial charge in [0.1, 0.15) is 17.2 Å². The highest BCUT2D eigenvalue weighted by Crippen LogP contribution is 2.27. The van der Waals surface area contributed by atoms with Crippen molar-refractivity contribution >= 4 is 34.7 Å². The zero-order chi connectivity index (χ0) is 18.9. The van der Waals surface area contributed by atoms with E-state index in [1.807, 2.05) is 12.1 Å². The summed E-state index contributed by atoms with van der Waals surface area (Å²) in [6.45, 7) is 5.90. The van der Waals surface area contributed by atoms with Crippen LogP contribution in [0.15, 0.2) is 36.5 Å². The van der Waals surface area contributed by atoms with Gasteiger partial charge in [-0.15, -0.1) is 11.3 Å². The maximum Gasteiger partial charge on any atom is 0.254 e. The lowest BCUT2D eigenvalue weighted by atomic mass is 9.96. The van der Waals surface area contributed by atoms with Crippen molar-refractivity contribution < 1.29 is 9.18 Å². The fourth-order valence-corrected chi connectivity index (χ4v) is 3.32. The molecule has 3 aromatic rings. The van der Waals surface area contributed by atoms with E-state index in [-0.39, 0.29) is 11.6 Å². The predicted octanol–water partition coefficient (Wildman–Crippen LogP) is 5.10. The Morgan fingerprint density at radius 3 is 2.73 bits per heavy atom. The average Bonchev–Trinajstić information content (AvgIpc) is 3.18. The van der Waals surface area contributed by atoms with Crippen molar-refractivity contribution in [1.29, 1.82) is 0 Å². The number of nitrogens with zero attached hydrogens (tertiary/aromatic N) is 3. The Hall–Kier alpha value is -2.25. The van der Waals surface area contributed by atoms with Gasteiger partial charge in [0.15, 0.2) is 5.82 Å². The molecule has 0 fully saturated rings. The van der Waals surface area contributed by atoms with Crippen molar-refractivity contribution in [2.24, 2.45) is 5.41 Å². The van der Waals surface area contributed by atoms with E-state index in [1.165, 1.54) is 34.3 Å². The van der Waals surface area contributed by atoms with Gasteiger partial charge in [-0.1, -0.05) is 32.4 Å². The van der Waals surface area contributed by atoms with Crippen LogP contribution in [0.25, 0.3) is 11.4 Å². The summed E-state index contributed by atoms with van der Waals surface area (Å²) >= 11 is 7.40. The molecule has 0 bridgehead atoms. The first-order chi connectivity index (χ1) is 12.3. The third-order valence-electron chi connectivity index (χ3n) is 3.62. The lowest BCUT2D eigenvalue weighted by molar-refractivity contribution is 0.0752. The molecule has 0 unspecified atom stereocenters. The summed E-state index contributed by atoms with van der Waals surface area (Å²) in [5.41, 5.74) is -0.239. The molecule has 3 aromatic heterocycles. The van der Waals surface area contributed by atoms with Gasteiger partial charge in [0.05, 0.1) is 10.9 Å². The molecule has 3 rings (SSSR count). The standard InChI is InChI=1S/C18H18ClFN4OS/c1-18(2,3)17(25)24-15(22-10-11-6-7-14(19)26-11)9-13(23-24)16-12(20)5-4-8-21-16/h4-9,22H,10H2,1-3H3. The molecule has 136 valence electrons. The SMILES string of the molecule is CC(C)(C)C(=O)n1nc(-c2ncccc2F)cc1NCc1ccc(Cl)s1. The van der Waals surface area contributed by atoms with Crippen molar-refractivity contribution in [3.63, 3.8) is 0 Å². The van der Waals surface area contributed by atoms with E-state index in [2.05, 4.69) is 15.4 Å². The van der Waals surface area contributed by atoms with Gasteiger partial charge in [-0.2, -0.15) is 9.78 Å². The number of pyridine rings is 1. The van der Waals surface area contributed by atoms with Crippen LogP contribution in [0.3, 0.4) is 0 Å². The van der Waals surface area contributed by atoms with Gasteiger partial charge < -0.3 is 5.32 Å². The van der Waals surface area contributed by atoms with Crippen LogP contribution in [-0.4, -0.2) is 20.7 Å². The predicted molar refractivity (Wildman–Crippen MR) is 102 cm³/mol. The third-order valence-corrected chi connectivity index (χ3v) is 4.85. The second kappa shape index (κ2) is 7.17. The summed E-state index contributed by atoms with van der Waals surface area (Å²) in [5, 5.41) is 7.49. The molecule has 0 saturated heterocycles. The number of anilines is 1. The number of carbonyl (C=O) groups is 1. The Morgan fingerprint density at radius 1 is 1.35 bits per heavy atom. The molecule has 0 amide bonds. The van der Waals surface area contributed by atoms with Crippen LogP contribution in [0.4, 0.5) is 10.2 Å². The topological polar surface area (TPSA) is 59.8 Å². The zero-order valence-corrected chi connectivity index (χ0v) is 16.2. The minimum Gasteiger partial charge on any atom is -0.365 e. The fraction of sp³-hybridized carbons (Fsp3) is 0.278. The van der Waals surface area contributed by atoms with E-state index in [0.29, 0.717) is 22.4 Å². The second-order valence-corrected chi connectivity index (χ2v) is 8.57. The molecule has 0 saturated carbocycles. The molecule has 3 heterocycles. The smallest absolute Gasteiger partial charge is 0.254 e. The first kappa shape index (κ1) is 18.5. The largest absolute Gasteiger partial charge is 0.365 e. The van der Waals surface area contributed by atoms with Crippen LogP contribution in [0.5, 0.6) is 0 Å². The van der Waals surface area contributed by atoms with E-state index >= 15 is 0 Å². The highest BCUT2D eigenvalue weighted by molar-refractivity contribution is 7.16. The molecular formula is C18H18ClFN4OS. The Morgan fingerprint density at radius 2 is 2.12 bits per heavy atom. The number of thiophene rings is 1. The quantitative estimate of drug-likeness (QED) is 0.671. The molecule has 0 aromatic carbocycles. The van der Waals surface area contributed by atoms with Gasteiger partial charge in [-0.3, -0.25) is 9.78 Å². The zero-order valence-electron chi connectivity index (χ0n) is 14.6. The lowest BCUT2D eigenvalue weighted by Gasteiger charge is -2.18. The Balaban J connectivity index is 1.97. The molecule has 26 heavy (non-hydrogen) atoms. The summed E-state index contributed by atoms with van der Waals surface area (Å²) in [6, 6.07) is 8.18. The summed E-state index contributed by atoms with van der Waals surface area (Å²) < 4.78 is 16.0. The van der Waals surface area contributed by atoms with E-state index in [0.717, 1.165) is 4.88 Å². The molecule has 5 nitrogen and oxygen atoms in total. The van der Waals surface area contributed by atoms with Crippen LogP contribution in [0.2, 0.25) is 4.34 Å². The molecule has 0 aliphatic heterocycles. The van der Waals surface area contributed by atoms with Crippen LogP contribution >= 0.6 is 22.9 Å². The summed E-state index contributed by atoms with van der Waals surface area (Å²) in [5.74, 6) is -0.210. The van der Waals surface area contributed by atoms with Gasteiger partial charge in [-0.25, -0.2) is 4.39 Å². The highest BCUT2D eigenvalue weighted by Gasteiger charge is 2.27. The number of halogens is 2. The van der Waals surface area contributed by atoms with Crippen LogP contribution < -0.4 is 5.32 Å². The van der Waals surface area contributed by atoms with Crippen molar-refractivity contribution in [2.45, 2.75) is 27.3 Å². The van der Waals surface area contributed by atoms with Crippen LogP contribution in [0.1, 0.15) is 30.4 Å². The minimum atomic E-state index is -0.644. The average molecular weight is 393 g/mol. The summed E-state index contributed by atoms with van der Waals surface area (Å²) in [6.07, 6.45) is 1.49. The van der Waals surface area contributed by atoms with Gasteiger partial charge in [0.25, 0.3) is 5.91 Å². The number of aromatic nitrogens is 3. The number of rotatable bonds is 4. The van der Waals surface area contributed by atoms with Gasteiger partial charge in [-0.05, 0) is 24.3 Å². The summed E-state index contributed by atoms with van der Waals surface area (Å²) in [7, 11) is 0. The minimum absolute atomic E-state index is 0.107. The Kier molecular flexibility index (Phi) is 5.11. The van der Waals surface area contributed by atoms with E-state index in [4.69, 9.17) is 11.6 Å². The first-order valence-electron chi connectivity index (χ1n) is 7.99. The second-order valence-electron chi connectivity index (χ2n) is 6.77. The van der Waals surface area contributed by atoms with Crippen molar-refractivity contribution in [2.75, 3.05) is 5.32 Å². The van der Waals surface area contributed by atoms with E-state index in [1.54, 1.807) is 26.8 Å². The van der Waals surface area contributed by atoms with Gasteiger partial charge in [0.2, 0.25) is 0 Å². The molecule has 0 spiro atoms. The Labute approximate surface area is 159 Å². The highest BCUT2D eigenvalue weighted by atomic mass is 35.5. The number of nitrogens with one attached hydrogen (secondary N) is 1. The Bertz CT molecular complexity index is 945. The van der Waals surface area contributed by atoms with Crippen molar-refractivity contribution in [1.82, 2.24) is 14.8 Å². The molecule has 8 heteroatoms. The van der Waals surface area contributed by atoms with E-state index in [9.17, 15) is 9.18 Å². The monoisotopic (exact) mass is 392 g/mol. The number of hydrogen-bond donors (Lipinski definition) is 1. The molecule has 0 aliphatic carbocycles. The molecule has 0 aliphatic rings. The first-order valence-corrected chi connectivity index (χ1v) is 9.19. The number of carbonyl (C=O) groups excluding carboxylic acids is 1. The third kappa shape index (κ3) is 3.94.